The van der Waals surface area contributed by atoms with E-state index in [0.717, 1.165) is 29.1 Å². The van der Waals surface area contributed by atoms with Gasteiger partial charge < -0.3 is 4.74 Å². The molecule has 4 atom stereocenters. The molecule has 4 rings (SSSR count). The quantitative estimate of drug-likeness (QED) is 0.563. The fourth-order valence-corrected chi connectivity index (χ4v) is 6.40. The van der Waals surface area contributed by atoms with E-state index in [9.17, 15) is 0 Å². The molecule has 1 spiro atoms. The fraction of sp³-hybridized carbons (Fsp3) is 1.00. The van der Waals surface area contributed by atoms with Gasteiger partial charge in [0.1, 0.15) is 0 Å². The van der Waals surface area contributed by atoms with E-state index >= 15 is 0 Å². The van der Waals surface area contributed by atoms with Crippen molar-refractivity contribution in [1.82, 2.24) is 0 Å². The third-order valence-corrected chi connectivity index (χ3v) is 8.78. The molecule has 138 valence electrons. The van der Waals surface area contributed by atoms with Gasteiger partial charge in [-0.15, -0.1) is 0 Å². The number of hydrogen-bond acceptors (Lipinski definition) is 1. The Morgan fingerprint density at radius 2 is 1.58 bits per heavy atom. The van der Waals surface area contributed by atoms with Gasteiger partial charge in [-0.2, -0.15) is 0 Å². The first kappa shape index (κ1) is 17.4. The summed E-state index contributed by atoms with van der Waals surface area (Å²) in [6.07, 6.45) is 17.2. The molecule has 0 aromatic carbocycles. The Morgan fingerprint density at radius 3 is 2.21 bits per heavy atom. The minimum Gasteiger partial charge on any atom is -0.374 e. The normalized spacial score (nSPS) is 39.4. The number of hydrogen-bond donors (Lipinski definition) is 0. The van der Waals surface area contributed by atoms with Crippen LogP contribution in [0, 0.1) is 34.5 Å². The van der Waals surface area contributed by atoms with Gasteiger partial charge >= 0.3 is 0 Å². The molecular formula is C23H40O. The second-order valence-corrected chi connectivity index (χ2v) is 11.0. The molecule has 0 amide bonds. The highest BCUT2D eigenvalue weighted by atomic mass is 16.5. The first-order valence-corrected chi connectivity index (χ1v) is 11.0. The van der Waals surface area contributed by atoms with Crippen molar-refractivity contribution in [2.24, 2.45) is 34.5 Å². The molecule has 4 aliphatic rings. The monoisotopic (exact) mass is 332 g/mol. The molecule has 4 unspecified atom stereocenters. The molecule has 0 aromatic rings. The molecule has 1 saturated heterocycles. The zero-order chi connectivity index (χ0) is 16.9. The summed E-state index contributed by atoms with van der Waals surface area (Å²) in [7, 11) is 0. The Bertz CT molecular complexity index is 437. The summed E-state index contributed by atoms with van der Waals surface area (Å²) in [4.78, 5) is 0. The lowest BCUT2D eigenvalue weighted by Crippen LogP contribution is -2.50. The van der Waals surface area contributed by atoms with Crippen molar-refractivity contribution in [2.75, 3.05) is 0 Å². The molecule has 3 aliphatic carbocycles. The average Bonchev–Trinajstić information content (AvgIpc) is 3.29. The van der Waals surface area contributed by atoms with Crippen molar-refractivity contribution in [3.8, 4) is 0 Å². The lowest BCUT2D eigenvalue weighted by Gasteiger charge is -2.49. The van der Waals surface area contributed by atoms with Gasteiger partial charge in [-0.25, -0.2) is 0 Å². The molecule has 1 nitrogen and oxygen atoms in total. The lowest BCUT2D eigenvalue weighted by molar-refractivity contribution is -0.201. The van der Waals surface area contributed by atoms with Crippen molar-refractivity contribution in [2.45, 2.75) is 111 Å². The Kier molecular flexibility index (Phi) is 4.55. The summed E-state index contributed by atoms with van der Waals surface area (Å²) in [5.74, 6) is 3.63. The second kappa shape index (κ2) is 6.29. The summed E-state index contributed by atoms with van der Waals surface area (Å²) < 4.78 is 6.43. The van der Waals surface area contributed by atoms with Gasteiger partial charge in [0.15, 0.2) is 0 Å². The molecule has 1 heterocycles. The summed E-state index contributed by atoms with van der Waals surface area (Å²) in [5, 5.41) is 0. The molecule has 1 heteroatoms. The van der Waals surface area contributed by atoms with Crippen LogP contribution in [-0.2, 0) is 4.74 Å². The maximum Gasteiger partial charge on any atom is 0.0637 e. The van der Waals surface area contributed by atoms with Crippen molar-refractivity contribution in [1.29, 1.82) is 0 Å². The summed E-state index contributed by atoms with van der Waals surface area (Å²) >= 11 is 0. The Labute approximate surface area is 150 Å². The van der Waals surface area contributed by atoms with Crippen LogP contribution in [-0.4, -0.2) is 12.2 Å². The van der Waals surface area contributed by atoms with Crippen LogP contribution in [0.5, 0.6) is 0 Å². The Morgan fingerprint density at radius 1 is 0.917 bits per heavy atom. The molecule has 1 aliphatic heterocycles. The van der Waals surface area contributed by atoms with E-state index in [-0.39, 0.29) is 0 Å². The molecule has 0 radical (unpaired) electrons. The van der Waals surface area contributed by atoms with Gasteiger partial charge in [-0.05, 0) is 99.2 Å². The Hall–Kier alpha value is -0.0400. The highest BCUT2D eigenvalue weighted by Crippen LogP contribution is 2.60. The zero-order valence-corrected chi connectivity index (χ0v) is 16.7. The van der Waals surface area contributed by atoms with Gasteiger partial charge in [0.05, 0.1) is 12.2 Å². The second-order valence-electron chi connectivity index (χ2n) is 11.0. The fourth-order valence-electron chi connectivity index (χ4n) is 6.40. The lowest BCUT2D eigenvalue weighted by atomic mass is 9.64. The van der Waals surface area contributed by atoms with Crippen molar-refractivity contribution in [3.05, 3.63) is 0 Å². The molecule has 0 N–H and O–H groups in total. The molecule has 4 fully saturated rings. The summed E-state index contributed by atoms with van der Waals surface area (Å²) in [5.41, 5.74) is 1.31. The van der Waals surface area contributed by atoms with Gasteiger partial charge in [0.2, 0.25) is 0 Å². The van der Waals surface area contributed by atoms with Crippen LogP contribution in [0.3, 0.4) is 0 Å². The van der Waals surface area contributed by atoms with Crippen LogP contribution in [0.15, 0.2) is 0 Å². The van der Waals surface area contributed by atoms with E-state index in [4.69, 9.17) is 4.74 Å². The SMILES string of the molecule is CC(C)C1CCC2OC(CC(C)(C)C3CCC4(CC3)CC4)C2CC1. The standard InChI is InChI=1S/C23H40O/c1-16(2)17-5-7-19-20(8-6-17)24-21(19)15-22(3,4)18-9-11-23(12-10-18)13-14-23/h16-21H,5-15H2,1-4H3. The smallest absolute Gasteiger partial charge is 0.0637 e. The first-order chi connectivity index (χ1) is 11.4. The average molecular weight is 333 g/mol. The minimum atomic E-state index is 0.482. The van der Waals surface area contributed by atoms with E-state index in [0.29, 0.717) is 17.6 Å². The van der Waals surface area contributed by atoms with E-state index in [1.54, 1.807) is 0 Å². The third kappa shape index (κ3) is 3.31. The van der Waals surface area contributed by atoms with Gasteiger partial charge in [0, 0.05) is 5.92 Å². The molecule has 0 aromatic heterocycles. The van der Waals surface area contributed by atoms with Crippen LogP contribution < -0.4 is 0 Å². The van der Waals surface area contributed by atoms with Crippen LogP contribution in [0.25, 0.3) is 0 Å². The largest absolute Gasteiger partial charge is 0.374 e. The highest BCUT2D eigenvalue weighted by Gasteiger charge is 2.50. The topological polar surface area (TPSA) is 9.23 Å². The van der Waals surface area contributed by atoms with Crippen LogP contribution in [0.2, 0.25) is 0 Å². The maximum atomic E-state index is 6.43. The third-order valence-electron chi connectivity index (χ3n) is 8.78. The molecule has 24 heavy (non-hydrogen) atoms. The highest BCUT2D eigenvalue weighted by molar-refractivity contribution is 5.00. The summed E-state index contributed by atoms with van der Waals surface area (Å²) in [6, 6.07) is 0. The van der Waals surface area contributed by atoms with E-state index < -0.39 is 0 Å². The van der Waals surface area contributed by atoms with E-state index in [2.05, 4.69) is 27.7 Å². The first-order valence-electron chi connectivity index (χ1n) is 11.0. The molecule has 0 bridgehead atoms. The van der Waals surface area contributed by atoms with E-state index in [1.165, 1.54) is 70.6 Å². The van der Waals surface area contributed by atoms with Gasteiger partial charge in [-0.3, -0.25) is 0 Å². The summed E-state index contributed by atoms with van der Waals surface area (Å²) in [6.45, 7) is 9.92. The zero-order valence-electron chi connectivity index (χ0n) is 16.7. The predicted molar refractivity (Wildman–Crippen MR) is 101 cm³/mol. The van der Waals surface area contributed by atoms with Gasteiger partial charge in [-0.1, -0.05) is 27.7 Å². The van der Waals surface area contributed by atoms with E-state index in [1.807, 2.05) is 0 Å². The molecule has 3 saturated carbocycles. The van der Waals surface area contributed by atoms with Crippen molar-refractivity contribution >= 4 is 0 Å². The van der Waals surface area contributed by atoms with Crippen LogP contribution in [0.1, 0.15) is 98.3 Å². The molecular weight excluding hydrogens is 292 g/mol. The minimum absolute atomic E-state index is 0.482. The number of rotatable bonds is 4. The van der Waals surface area contributed by atoms with Crippen molar-refractivity contribution in [3.63, 3.8) is 0 Å². The van der Waals surface area contributed by atoms with Crippen LogP contribution >= 0.6 is 0 Å². The van der Waals surface area contributed by atoms with Crippen LogP contribution in [0.4, 0.5) is 0 Å². The van der Waals surface area contributed by atoms with Crippen molar-refractivity contribution < 1.29 is 4.74 Å². The predicted octanol–water partition coefficient (Wildman–Crippen LogP) is 6.60. The Balaban J connectivity index is 1.31. The van der Waals surface area contributed by atoms with Gasteiger partial charge in [0.25, 0.3) is 0 Å². The number of ether oxygens (including phenoxy) is 1. The number of fused-ring (bicyclic) bond motifs is 1. The maximum absolute atomic E-state index is 6.43.